The average Bonchev–Trinajstić information content (AvgIpc) is 2.61. The topological polar surface area (TPSA) is 0 Å². The predicted molar refractivity (Wildman–Crippen MR) is 112 cm³/mol. The van der Waals surface area contributed by atoms with Crippen molar-refractivity contribution in [2.24, 2.45) is 11.3 Å². The van der Waals surface area contributed by atoms with Gasteiger partial charge in [-0.3, -0.25) is 0 Å². The molecule has 24 heavy (non-hydrogen) atoms. The van der Waals surface area contributed by atoms with E-state index in [1.165, 1.54) is 96.3 Å². The first-order valence-corrected chi connectivity index (χ1v) is 11.5. The molecule has 0 bridgehead atoms. The molecule has 0 aromatic carbocycles. The third kappa shape index (κ3) is 7.92. The molecule has 0 heterocycles. The van der Waals surface area contributed by atoms with Gasteiger partial charge < -0.3 is 0 Å². The smallest absolute Gasteiger partial charge is 0.0179 e. The van der Waals surface area contributed by atoms with Crippen LogP contribution < -0.4 is 0 Å². The van der Waals surface area contributed by atoms with E-state index in [4.69, 9.17) is 0 Å². The minimum atomic E-state index is 0.541. The van der Waals surface area contributed by atoms with Crippen LogP contribution in [0.5, 0.6) is 0 Å². The van der Waals surface area contributed by atoms with Gasteiger partial charge in [-0.1, -0.05) is 112 Å². The van der Waals surface area contributed by atoms with Crippen LogP contribution >= 0.6 is 0 Å². The van der Waals surface area contributed by atoms with Gasteiger partial charge in [0.15, 0.2) is 0 Å². The van der Waals surface area contributed by atoms with E-state index in [1.807, 2.05) is 5.92 Å². The Morgan fingerprint density at radius 3 is 1.79 bits per heavy atom. The number of hydrogen-bond donors (Lipinski definition) is 0. The van der Waals surface area contributed by atoms with Crippen molar-refractivity contribution < 1.29 is 0 Å². The minimum absolute atomic E-state index is 0.541. The van der Waals surface area contributed by atoms with Gasteiger partial charge in [0, 0.05) is 0 Å². The maximum atomic E-state index is 2.49. The van der Waals surface area contributed by atoms with Gasteiger partial charge in [0.05, 0.1) is 0 Å². The molecule has 0 fully saturated rings. The molecule has 0 heteroatoms. The van der Waals surface area contributed by atoms with Crippen molar-refractivity contribution in [3.8, 4) is 0 Å². The van der Waals surface area contributed by atoms with Crippen LogP contribution in [0.4, 0.5) is 0 Å². The van der Waals surface area contributed by atoms with E-state index in [0.717, 1.165) is 5.92 Å². The summed E-state index contributed by atoms with van der Waals surface area (Å²) in [6.07, 6.45) is 21.0. The average molecular weight is 338 g/mol. The first kappa shape index (κ1) is 24.0. The summed E-state index contributed by atoms with van der Waals surface area (Å²) in [4.78, 5) is 0. The van der Waals surface area contributed by atoms with Crippen molar-refractivity contribution in [2.75, 3.05) is 0 Å². The highest BCUT2D eigenvalue weighted by molar-refractivity contribution is 5.08. The first-order chi connectivity index (χ1) is 11.7. The number of hydrogen-bond acceptors (Lipinski definition) is 0. The lowest BCUT2D eigenvalue weighted by atomic mass is 9.58. The molecule has 0 aliphatic carbocycles. The van der Waals surface area contributed by atoms with Gasteiger partial charge in [-0.15, -0.1) is 0 Å². The highest BCUT2D eigenvalue weighted by atomic mass is 14.5. The molecule has 0 spiro atoms. The Bertz CT molecular complexity index is 257. The normalized spacial score (nSPS) is 15.6. The lowest BCUT2D eigenvalue weighted by Gasteiger charge is -2.46. The van der Waals surface area contributed by atoms with Crippen LogP contribution in [0, 0.1) is 17.3 Å². The van der Waals surface area contributed by atoms with Gasteiger partial charge >= 0.3 is 0 Å². The third-order valence-electron chi connectivity index (χ3n) is 6.48. The van der Waals surface area contributed by atoms with Crippen molar-refractivity contribution in [1.82, 2.24) is 0 Å². The monoisotopic (exact) mass is 337 g/mol. The molecule has 0 aromatic heterocycles. The van der Waals surface area contributed by atoms with Crippen LogP contribution in [0.15, 0.2) is 0 Å². The minimum Gasteiger partial charge on any atom is -0.0654 e. The van der Waals surface area contributed by atoms with E-state index in [2.05, 4.69) is 41.5 Å². The van der Waals surface area contributed by atoms with Gasteiger partial charge in [0.2, 0.25) is 0 Å². The second kappa shape index (κ2) is 15.3. The highest BCUT2D eigenvalue weighted by Crippen LogP contribution is 2.51. The summed E-state index contributed by atoms with van der Waals surface area (Å²) in [6, 6.07) is 0. The first-order valence-electron chi connectivity index (χ1n) is 11.5. The largest absolute Gasteiger partial charge is 0.0654 e. The summed E-state index contributed by atoms with van der Waals surface area (Å²) < 4.78 is 0. The van der Waals surface area contributed by atoms with Crippen LogP contribution in [0.3, 0.4) is 0 Å². The second-order valence-corrected chi connectivity index (χ2v) is 7.98. The Hall–Kier alpha value is 0. The summed E-state index contributed by atoms with van der Waals surface area (Å²) in [7, 11) is 0. The molecule has 0 rings (SSSR count). The fourth-order valence-corrected chi connectivity index (χ4v) is 5.01. The van der Waals surface area contributed by atoms with Gasteiger partial charge in [-0.05, 0) is 42.9 Å². The van der Waals surface area contributed by atoms with Crippen molar-refractivity contribution in [3.63, 3.8) is 0 Å². The maximum absolute atomic E-state index is 2.49. The molecule has 0 N–H and O–H groups in total. The highest BCUT2D eigenvalue weighted by Gasteiger charge is 2.41. The molecular weight excluding hydrogens is 288 g/mol. The van der Waals surface area contributed by atoms with E-state index in [9.17, 15) is 0 Å². The van der Waals surface area contributed by atoms with E-state index >= 15 is 0 Å². The maximum Gasteiger partial charge on any atom is -0.0179 e. The zero-order valence-corrected chi connectivity index (χ0v) is 18.2. The Morgan fingerprint density at radius 1 is 0.708 bits per heavy atom. The molecule has 0 aliphatic heterocycles. The Morgan fingerprint density at radius 2 is 1.33 bits per heavy atom. The number of rotatable bonds is 17. The van der Waals surface area contributed by atoms with Crippen molar-refractivity contribution >= 4 is 0 Å². The zero-order chi connectivity index (χ0) is 18.3. The van der Waals surface area contributed by atoms with Crippen LogP contribution in [-0.4, -0.2) is 0 Å². The fourth-order valence-electron chi connectivity index (χ4n) is 5.01. The molecule has 0 saturated heterocycles. The van der Waals surface area contributed by atoms with Gasteiger partial charge in [-0.25, -0.2) is 0 Å². The second-order valence-electron chi connectivity index (χ2n) is 7.98. The van der Waals surface area contributed by atoms with Crippen LogP contribution in [0.1, 0.15) is 138 Å². The standard InChI is InChI=1S/C24H49/c1-7-13-15-17-20-23(11-5)24(12-6,21-18-16-14-8-2)22(10-4)19-9-3/h22H,7-21H2,1-6H3. The third-order valence-corrected chi connectivity index (χ3v) is 6.48. The number of unbranched alkanes of at least 4 members (excludes halogenated alkanes) is 6. The van der Waals surface area contributed by atoms with Crippen molar-refractivity contribution in [1.29, 1.82) is 0 Å². The van der Waals surface area contributed by atoms with Gasteiger partial charge in [0.1, 0.15) is 0 Å². The van der Waals surface area contributed by atoms with E-state index < -0.39 is 0 Å². The molecule has 0 aliphatic rings. The van der Waals surface area contributed by atoms with Crippen LogP contribution in [0.25, 0.3) is 0 Å². The van der Waals surface area contributed by atoms with E-state index in [1.54, 1.807) is 0 Å². The molecule has 0 nitrogen and oxygen atoms in total. The molecular formula is C24H49. The zero-order valence-electron chi connectivity index (χ0n) is 18.2. The molecule has 2 atom stereocenters. The lowest BCUT2D eigenvalue weighted by molar-refractivity contribution is 0.118. The molecule has 0 aromatic rings. The molecule has 0 amide bonds. The quantitative estimate of drug-likeness (QED) is 0.232. The fraction of sp³-hybridized carbons (Fsp3) is 0.958. The predicted octanol–water partition coefficient (Wildman–Crippen LogP) is 9.13. The lowest BCUT2D eigenvalue weighted by Crippen LogP contribution is -2.36. The molecule has 145 valence electrons. The Kier molecular flexibility index (Phi) is 15.3. The van der Waals surface area contributed by atoms with E-state index in [-0.39, 0.29) is 0 Å². The van der Waals surface area contributed by atoms with E-state index in [0.29, 0.717) is 5.41 Å². The van der Waals surface area contributed by atoms with Gasteiger partial charge in [0.25, 0.3) is 0 Å². The van der Waals surface area contributed by atoms with Crippen LogP contribution in [0.2, 0.25) is 0 Å². The van der Waals surface area contributed by atoms with Crippen LogP contribution in [-0.2, 0) is 0 Å². The molecule has 2 unspecified atom stereocenters. The Balaban J connectivity index is 5.11. The SMILES string of the molecule is CCCCCC[C](CC)C(CC)(CCCCCC)C(CC)CCC. The summed E-state index contributed by atoms with van der Waals surface area (Å²) in [6.45, 7) is 14.4. The molecule has 0 saturated carbocycles. The summed E-state index contributed by atoms with van der Waals surface area (Å²) in [5.41, 5.74) is 0.541. The Labute approximate surface area is 155 Å². The summed E-state index contributed by atoms with van der Waals surface area (Å²) in [5.74, 6) is 2.84. The van der Waals surface area contributed by atoms with Crippen molar-refractivity contribution in [3.05, 3.63) is 5.92 Å². The van der Waals surface area contributed by atoms with Gasteiger partial charge in [-0.2, -0.15) is 0 Å². The summed E-state index contributed by atoms with van der Waals surface area (Å²) >= 11 is 0. The summed E-state index contributed by atoms with van der Waals surface area (Å²) in [5, 5.41) is 0. The molecule has 1 radical (unpaired) electrons. The van der Waals surface area contributed by atoms with Crippen molar-refractivity contribution in [2.45, 2.75) is 138 Å².